The first-order chi connectivity index (χ1) is 3.11. The maximum atomic E-state index is 11.3. The van der Waals surface area contributed by atoms with Crippen LogP contribution in [0.3, 0.4) is 0 Å². The van der Waals surface area contributed by atoms with E-state index in [1.54, 1.807) is 0 Å². The van der Waals surface area contributed by atoms with Crippen molar-refractivity contribution in [3.05, 3.63) is 0 Å². The van der Waals surface area contributed by atoms with E-state index in [9.17, 15) is 11.7 Å². The molecule has 0 aromatic rings. The van der Waals surface area contributed by atoms with Crippen molar-refractivity contribution in [1.82, 2.24) is 0 Å². The maximum Gasteiger partial charge on any atom is 0.211 e. The predicted octanol–water partition coefficient (Wildman–Crippen LogP) is 2.61. The van der Waals surface area contributed by atoms with Gasteiger partial charge in [0, 0.05) is 0 Å². The summed E-state index contributed by atoms with van der Waals surface area (Å²) < 4.78 is 34.0. The lowest BCUT2D eigenvalue weighted by Crippen LogP contribution is -1.80. The van der Waals surface area contributed by atoms with Gasteiger partial charge in [-0.1, -0.05) is 0 Å². The molecule has 0 aliphatic heterocycles. The van der Waals surface area contributed by atoms with Crippen molar-refractivity contribution < 1.29 is 11.7 Å². The monoisotopic (exact) mass is 130 g/mol. The molecule has 0 aromatic heterocycles. The Balaban J connectivity index is 2.36. The molecule has 0 unspecified atom stereocenters. The Labute approximate surface area is 41.9 Å². The first-order valence-corrected chi connectivity index (χ1v) is 3.41. The summed E-state index contributed by atoms with van der Waals surface area (Å²) in [5.41, 5.74) is 0. The summed E-state index contributed by atoms with van der Waals surface area (Å²) in [5.74, 6) is 0. The predicted molar refractivity (Wildman–Crippen MR) is 23.9 cm³/mol. The molecule has 1 aliphatic rings. The van der Waals surface area contributed by atoms with Crippen LogP contribution in [0.1, 0.15) is 12.8 Å². The van der Waals surface area contributed by atoms with E-state index in [4.69, 9.17) is 0 Å². The minimum Gasteiger partial charge on any atom is -0.125 e. The molecule has 0 nitrogen and oxygen atoms in total. The summed E-state index contributed by atoms with van der Waals surface area (Å²) in [7, 11) is 0. The third-order valence-electron chi connectivity index (χ3n) is 0.902. The van der Waals surface area contributed by atoms with E-state index >= 15 is 0 Å². The van der Waals surface area contributed by atoms with Crippen LogP contribution in [-0.4, -0.2) is 5.25 Å². The Bertz CT molecular complexity index is 72.7. The average Bonchev–Trinajstić information content (AvgIpc) is 1.99. The standard InChI is InChI=1S/C3H5F3S/c4-7(5,6)3-1-2-3/h3H,1-2H2. The van der Waals surface area contributed by atoms with Crippen LogP contribution < -0.4 is 0 Å². The molecule has 0 aromatic carbocycles. The molecule has 0 bridgehead atoms. The van der Waals surface area contributed by atoms with Crippen LogP contribution >= 0.6 is 11.2 Å². The average molecular weight is 130 g/mol. The third-order valence-corrected chi connectivity index (χ3v) is 2.13. The van der Waals surface area contributed by atoms with Crippen LogP contribution in [0.2, 0.25) is 0 Å². The number of rotatable bonds is 1. The van der Waals surface area contributed by atoms with Gasteiger partial charge in [0.05, 0.1) is 5.25 Å². The van der Waals surface area contributed by atoms with Crippen LogP contribution in [0.4, 0.5) is 11.7 Å². The zero-order valence-electron chi connectivity index (χ0n) is 3.53. The van der Waals surface area contributed by atoms with E-state index in [-0.39, 0.29) is 0 Å². The van der Waals surface area contributed by atoms with E-state index in [0.717, 1.165) is 0 Å². The first-order valence-electron chi connectivity index (χ1n) is 2.02. The van der Waals surface area contributed by atoms with Gasteiger partial charge in [0.25, 0.3) is 0 Å². The summed E-state index contributed by atoms with van der Waals surface area (Å²) in [5, 5.41) is -0.868. The van der Waals surface area contributed by atoms with Crippen molar-refractivity contribution in [3.63, 3.8) is 0 Å². The normalized spacial score (nSPS) is 25.0. The van der Waals surface area contributed by atoms with E-state index in [0.29, 0.717) is 12.8 Å². The highest BCUT2D eigenvalue weighted by molar-refractivity contribution is 8.21. The minimum atomic E-state index is -4.63. The van der Waals surface area contributed by atoms with E-state index in [1.165, 1.54) is 0 Å². The van der Waals surface area contributed by atoms with E-state index < -0.39 is 16.4 Å². The molecule has 7 heavy (non-hydrogen) atoms. The number of hydrogen-bond acceptors (Lipinski definition) is 0. The van der Waals surface area contributed by atoms with Gasteiger partial charge in [-0.15, -0.1) is 11.7 Å². The fourth-order valence-corrected chi connectivity index (χ4v) is 1.01. The van der Waals surface area contributed by atoms with Crippen molar-refractivity contribution in [2.24, 2.45) is 0 Å². The Morgan fingerprint density at radius 1 is 1.14 bits per heavy atom. The lowest BCUT2D eigenvalue weighted by molar-refractivity contribution is 0.630. The number of halogens is 3. The lowest BCUT2D eigenvalue weighted by atomic mass is 11.0. The van der Waals surface area contributed by atoms with Gasteiger partial charge in [-0.05, 0) is 12.8 Å². The highest BCUT2D eigenvalue weighted by atomic mass is 32.3. The molecule has 0 saturated heterocycles. The Morgan fingerprint density at radius 2 is 1.57 bits per heavy atom. The zero-order valence-corrected chi connectivity index (χ0v) is 4.35. The van der Waals surface area contributed by atoms with Crippen molar-refractivity contribution in [1.29, 1.82) is 0 Å². The summed E-state index contributed by atoms with van der Waals surface area (Å²) in [4.78, 5) is 0. The molecule has 0 N–H and O–H groups in total. The van der Waals surface area contributed by atoms with Gasteiger partial charge in [0.2, 0.25) is 11.2 Å². The second-order valence-electron chi connectivity index (χ2n) is 1.64. The molecule has 0 radical (unpaired) electrons. The quantitative estimate of drug-likeness (QED) is 0.511. The van der Waals surface area contributed by atoms with Gasteiger partial charge in [0.15, 0.2) is 0 Å². The SMILES string of the molecule is FS(F)(F)C1CC1. The Hall–Kier alpha value is 0.140. The molecule has 44 valence electrons. The molecule has 0 amide bonds. The molecule has 1 fully saturated rings. The van der Waals surface area contributed by atoms with Crippen LogP contribution in [0.25, 0.3) is 0 Å². The van der Waals surface area contributed by atoms with Gasteiger partial charge in [0.1, 0.15) is 0 Å². The highest BCUT2D eigenvalue weighted by Gasteiger charge is 2.42. The minimum absolute atomic E-state index is 0.388. The number of hydrogen-bond donors (Lipinski definition) is 0. The molecular weight excluding hydrogens is 125 g/mol. The van der Waals surface area contributed by atoms with Crippen molar-refractivity contribution >= 4 is 11.2 Å². The molecule has 1 rings (SSSR count). The van der Waals surface area contributed by atoms with Gasteiger partial charge < -0.3 is 0 Å². The Kier molecular flexibility index (Phi) is 0.986. The summed E-state index contributed by atoms with van der Waals surface area (Å²) in [6.45, 7) is 0. The molecular formula is C3H5F3S. The first kappa shape index (κ1) is 5.28. The van der Waals surface area contributed by atoms with Crippen molar-refractivity contribution in [2.45, 2.75) is 18.1 Å². The topological polar surface area (TPSA) is 0 Å². The second kappa shape index (κ2) is 1.31. The molecule has 4 heteroatoms. The summed E-state index contributed by atoms with van der Waals surface area (Å²) in [6, 6.07) is 0. The van der Waals surface area contributed by atoms with Gasteiger partial charge in [-0.2, -0.15) is 0 Å². The van der Waals surface area contributed by atoms with Gasteiger partial charge >= 0.3 is 0 Å². The fourth-order valence-electron chi connectivity index (χ4n) is 0.335. The zero-order chi connectivity index (χ0) is 5.49. The van der Waals surface area contributed by atoms with Crippen LogP contribution in [-0.2, 0) is 0 Å². The highest BCUT2D eigenvalue weighted by Crippen LogP contribution is 2.65. The fraction of sp³-hybridized carbons (Fsp3) is 1.00. The van der Waals surface area contributed by atoms with Gasteiger partial charge in [-0.3, -0.25) is 0 Å². The molecule has 1 aliphatic carbocycles. The van der Waals surface area contributed by atoms with E-state index in [2.05, 4.69) is 0 Å². The van der Waals surface area contributed by atoms with Crippen molar-refractivity contribution in [3.8, 4) is 0 Å². The molecule has 0 atom stereocenters. The van der Waals surface area contributed by atoms with E-state index in [1.807, 2.05) is 0 Å². The summed E-state index contributed by atoms with van der Waals surface area (Å²) in [6.07, 6.45) is 0.775. The van der Waals surface area contributed by atoms with Crippen LogP contribution in [0.5, 0.6) is 0 Å². The van der Waals surface area contributed by atoms with Gasteiger partial charge in [-0.25, -0.2) is 0 Å². The van der Waals surface area contributed by atoms with Crippen molar-refractivity contribution in [2.75, 3.05) is 0 Å². The van der Waals surface area contributed by atoms with Crippen LogP contribution in [0.15, 0.2) is 0 Å². The smallest absolute Gasteiger partial charge is 0.125 e. The molecule has 1 saturated carbocycles. The largest absolute Gasteiger partial charge is 0.211 e. The third kappa shape index (κ3) is 1.26. The lowest BCUT2D eigenvalue weighted by Gasteiger charge is -2.04. The summed E-state index contributed by atoms with van der Waals surface area (Å²) >= 11 is -4.63. The van der Waals surface area contributed by atoms with Crippen LogP contribution in [0, 0.1) is 0 Å². The maximum absolute atomic E-state index is 11.3. The second-order valence-corrected chi connectivity index (χ2v) is 3.19. The molecule has 0 spiro atoms. The molecule has 0 heterocycles. The Morgan fingerprint density at radius 3 is 1.57 bits per heavy atom.